The van der Waals surface area contributed by atoms with Crippen LogP contribution in [0.4, 0.5) is 0 Å². The van der Waals surface area contributed by atoms with E-state index >= 15 is 0 Å². The highest BCUT2D eigenvalue weighted by Gasteiger charge is 2.13. The molecule has 1 aliphatic heterocycles. The summed E-state index contributed by atoms with van der Waals surface area (Å²) < 4.78 is 0. The summed E-state index contributed by atoms with van der Waals surface area (Å²) in [5, 5.41) is 12.5. The highest BCUT2D eigenvalue weighted by molar-refractivity contribution is 5.78. The number of nitrogens with zero attached hydrogens (tertiary/aromatic N) is 2. The molecule has 0 aliphatic carbocycles. The van der Waals surface area contributed by atoms with E-state index in [1.807, 2.05) is 11.1 Å². The molecule has 2 N–H and O–H groups in total. The van der Waals surface area contributed by atoms with E-state index in [-0.39, 0.29) is 12.5 Å². The zero-order chi connectivity index (χ0) is 8.81. The molecule has 1 aliphatic rings. The van der Waals surface area contributed by atoms with Gasteiger partial charge in [0, 0.05) is 13.1 Å². The minimum Gasteiger partial charge on any atom is -0.342 e. The monoisotopic (exact) mass is 168 g/mol. The van der Waals surface area contributed by atoms with Gasteiger partial charge in [0.1, 0.15) is 6.54 Å². The van der Waals surface area contributed by atoms with E-state index in [0.717, 1.165) is 19.5 Å². The zero-order valence-electron chi connectivity index (χ0n) is 6.84. The van der Waals surface area contributed by atoms with Gasteiger partial charge in [0.2, 0.25) is 5.91 Å². The van der Waals surface area contributed by atoms with Crippen LogP contribution in [0.5, 0.6) is 0 Å². The highest BCUT2D eigenvalue weighted by atomic mass is 16.2. The fraction of sp³-hybridized carbons (Fsp3) is 0.714. The van der Waals surface area contributed by atoms with Gasteiger partial charge in [-0.05, 0) is 6.42 Å². The molecule has 0 spiro atoms. The van der Waals surface area contributed by atoms with E-state index in [1.54, 1.807) is 0 Å². The van der Waals surface area contributed by atoms with Crippen LogP contribution in [0, 0.1) is 11.3 Å². The third kappa shape index (κ3) is 2.86. The molecule has 0 atom stereocenters. The fourth-order valence-corrected chi connectivity index (χ4v) is 1.09. The molecule has 1 amide bonds. The molecule has 66 valence electrons. The lowest BCUT2D eigenvalue weighted by molar-refractivity contribution is -0.122. The molecular formula is C7H12N4O. The predicted octanol–water partition coefficient (Wildman–Crippen LogP) is -1.16. The Morgan fingerprint density at radius 3 is 3.17 bits per heavy atom. The third-order valence-electron chi connectivity index (χ3n) is 1.64. The zero-order valence-corrected chi connectivity index (χ0v) is 6.84. The number of carbonyl (C=O) groups is 1. The Balaban J connectivity index is 2.13. The lowest BCUT2D eigenvalue weighted by Gasteiger charge is -2.13. The summed E-state index contributed by atoms with van der Waals surface area (Å²) in [6, 6.07) is 1.85. The summed E-state index contributed by atoms with van der Waals surface area (Å²) in [7, 11) is 0. The van der Waals surface area contributed by atoms with Gasteiger partial charge in [-0.1, -0.05) is 0 Å². The average Bonchev–Trinajstić information content (AvgIpc) is 2.53. The lowest BCUT2D eigenvalue weighted by atomic mass is 10.4. The maximum Gasteiger partial charge on any atom is 0.236 e. The minimum absolute atomic E-state index is 0.0900. The summed E-state index contributed by atoms with van der Waals surface area (Å²) in [5.74, 6) is -0.106. The molecular weight excluding hydrogens is 156 g/mol. The van der Waals surface area contributed by atoms with Gasteiger partial charge in [-0.15, -0.1) is 0 Å². The molecule has 0 bridgehead atoms. The van der Waals surface area contributed by atoms with Gasteiger partial charge in [-0.25, -0.2) is 5.01 Å². The molecule has 5 heteroatoms. The van der Waals surface area contributed by atoms with E-state index in [0.29, 0.717) is 6.54 Å². The van der Waals surface area contributed by atoms with Gasteiger partial charge in [0.15, 0.2) is 0 Å². The van der Waals surface area contributed by atoms with Crippen LogP contribution >= 0.6 is 0 Å². The molecule has 0 saturated carbocycles. The number of nitrogens with one attached hydrogen (secondary N) is 2. The smallest absolute Gasteiger partial charge is 0.236 e. The van der Waals surface area contributed by atoms with Crippen molar-refractivity contribution in [1.29, 1.82) is 5.26 Å². The Bertz CT molecular complexity index is 192. The fourth-order valence-electron chi connectivity index (χ4n) is 1.09. The number of rotatable bonds is 3. The molecule has 0 aromatic carbocycles. The van der Waals surface area contributed by atoms with Crippen molar-refractivity contribution in [2.75, 3.05) is 26.2 Å². The third-order valence-corrected chi connectivity index (χ3v) is 1.64. The minimum atomic E-state index is -0.106. The van der Waals surface area contributed by atoms with Gasteiger partial charge in [-0.3, -0.25) is 10.2 Å². The molecule has 1 rings (SSSR count). The molecule has 0 radical (unpaired) electrons. The summed E-state index contributed by atoms with van der Waals surface area (Å²) in [6.07, 6.45) is 1.07. The second kappa shape index (κ2) is 4.70. The van der Waals surface area contributed by atoms with Gasteiger partial charge < -0.3 is 5.32 Å². The Kier molecular flexibility index (Phi) is 3.51. The van der Waals surface area contributed by atoms with Crippen molar-refractivity contribution in [1.82, 2.24) is 15.8 Å². The Labute approximate surface area is 71.3 Å². The standard InChI is InChI=1S/C7H12N4O/c8-2-4-9-7(12)6-11-5-1-3-10-11/h10H,1,3-6H2,(H,9,12). The molecule has 1 saturated heterocycles. The topological polar surface area (TPSA) is 68.2 Å². The Morgan fingerprint density at radius 2 is 2.58 bits per heavy atom. The second-order valence-corrected chi connectivity index (χ2v) is 2.62. The number of hydrogen-bond donors (Lipinski definition) is 2. The van der Waals surface area contributed by atoms with Crippen LogP contribution in [-0.2, 0) is 4.79 Å². The SMILES string of the molecule is N#CCNC(=O)CN1CCCN1. The maximum atomic E-state index is 11.0. The van der Waals surface area contributed by atoms with E-state index in [4.69, 9.17) is 5.26 Å². The van der Waals surface area contributed by atoms with Crippen LogP contribution in [0.25, 0.3) is 0 Å². The van der Waals surface area contributed by atoms with Crippen LogP contribution in [-0.4, -0.2) is 37.1 Å². The van der Waals surface area contributed by atoms with Crippen molar-refractivity contribution < 1.29 is 4.79 Å². The quantitative estimate of drug-likeness (QED) is 0.521. The first kappa shape index (κ1) is 8.97. The van der Waals surface area contributed by atoms with E-state index in [1.165, 1.54) is 0 Å². The number of hydrazine groups is 1. The first-order valence-electron chi connectivity index (χ1n) is 3.95. The first-order chi connectivity index (χ1) is 5.83. The first-order valence-corrected chi connectivity index (χ1v) is 3.95. The van der Waals surface area contributed by atoms with Crippen LogP contribution in [0.1, 0.15) is 6.42 Å². The molecule has 12 heavy (non-hydrogen) atoms. The van der Waals surface area contributed by atoms with Crippen molar-refractivity contribution in [3.05, 3.63) is 0 Å². The van der Waals surface area contributed by atoms with E-state index < -0.39 is 0 Å². The van der Waals surface area contributed by atoms with Gasteiger partial charge in [0.25, 0.3) is 0 Å². The van der Waals surface area contributed by atoms with Crippen LogP contribution in [0.15, 0.2) is 0 Å². The molecule has 1 heterocycles. The van der Waals surface area contributed by atoms with E-state index in [2.05, 4.69) is 10.7 Å². The van der Waals surface area contributed by atoms with E-state index in [9.17, 15) is 4.79 Å². The van der Waals surface area contributed by atoms with Crippen molar-refractivity contribution in [3.8, 4) is 6.07 Å². The van der Waals surface area contributed by atoms with Crippen molar-refractivity contribution >= 4 is 5.91 Å². The normalized spacial score (nSPS) is 17.2. The van der Waals surface area contributed by atoms with Crippen LogP contribution in [0.3, 0.4) is 0 Å². The summed E-state index contributed by atoms with van der Waals surface area (Å²) in [4.78, 5) is 11.0. The van der Waals surface area contributed by atoms with Gasteiger partial charge >= 0.3 is 0 Å². The molecule has 1 fully saturated rings. The predicted molar refractivity (Wildman–Crippen MR) is 42.8 cm³/mol. The van der Waals surface area contributed by atoms with Crippen molar-refractivity contribution in [2.45, 2.75) is 6.42 Å². The molecule has 5 nitrogen and oxygen atoms in total. The lowest BCUT2D eigenvalue weighted by Crippen LogP contribution is -2.40. The van der Waals surface area contributed by atoms with Gasteiger partial charge in [0.05, 0.1) is 12.6 Å². The van der Waals surface area contributed by atoms with Crippen molar-refractivity contribution in [3.63, 3.8) is 0 Å². The Morgan fingerprint density at radius 1 is 1.75 bits per heavy atom. The van der Waals surface area contributed by atoms with Gasteiger partial charge in [-0.2, -0.15) is 5.26 Å². The summed E-state index contributed by atoms with van der Waals surface area (Å²) in [6.45, 7) is 2.26. The number of hydrogen-bond acceptors (Lipinski definition) is 4. The number of amides is 1. The Hall–Kier alpha value is -1.12. The second-order valence-electron chi connectivity index (χ2n) is 2.62. The van der Waals surface area contributed by atoms with Crippen LogP contribution < -0.4 is 10.7 Å². The number of nitriles is 1. The largest absolute Gasteiger partial charge is 0.342 e. The highest BCUT2D eigenvalue weighted by Crippen LogP contribution is 1.93. The summed E-state index contributed by atoms with van der Waals surface area (Å²) in [5.41, 5.74) is 3.05. The molecule has 0 aromatic heterocycles. The maximum absolute atomic E-state index is 11.0. The van der Waals surface area contributed by atoms with Crippen molar-refractivity contribution in [2.24, 2.45) is 0 Å². The molecule has 0 unspecified atom stereocenters. The molecule has 0 aromatic rings. The van der Waals surface area contributed by atoms with Crippen LogP contribution in [0.2, 0.25) is 0 Å². The number of carbonyl (C=O) groups excluding carboxylic acids is 1. The summed E-state index contributed by atoms with van der Waals surface area (Å²) >= 11 is 0. The average molecular weight is 168 g/mol.